The van der Waals surface area contributed by atoms with E-state index in [0.717, 1.165) is 11.3 Å². The number of benzene rings is 2. The predicted molar refractivity (Wildman–Crippen MR) is 143 cm³/mol. The van der Waals surface area contributed by atoms with Gasteiger partial charge in [-0.3, -0.25) is 9.10 Å². The van der Waals surface area contributed by atoms with Gasteiger partial charge in [0.1, 0.15) is 0 Å². The monoisotopic (exact) mass is 531 g/mol. The van der Waals surface area contributed by atoms with Crippen molar-refractivity contribution in [1.29, 1.82) is 0 Å². The van der Waals surface area contributed by atoms with E-state index in [1.54, 1.807) is 36.7 Å². The number of amides is 1. The Kier molecular flexibility index (Phi) is 8.61. The van der Waals surface area contributed by atoms with Crippen LogP contribution in [0.4, 0.5) is 5.69 Å². The zero-order chi connectivity index (χ0) is 26.6. The Morgan fingerprint density at radius 2 is 1.89 bits per heavy atom. The molecule has 2 aliphatic rings. The van der Waals surface area contributed by atoms with Gasteiger partial charge in [-0.05, 0) is 43.7 Å². The van der Waals surface area contributed by atoms with E-state index in [1.807, 2.05) is 43.0 Å². The average Bonchev–Trinajstić information content (AvgIpc) is 3.43. The number of carbonyl (C=O) groups is 1. The second-order valence-corrected chi connectivity index (χ2v) is 11.6. The molecule has 0 unspecified atom stereocenters. The lowest BCUT2D eigenvalue weighted by Gasteiger charge is -2.35. The van der Waals surface area contributed by atoms with Gasteiger partial charge in [0.15, 0.2) is 11.5 Å². The fourth-order valence-electron chi connectivity index (χ4n) is 5.08. The minimum atomic E-state index is -3.47. The minimum absolute atomic E-state index is 0.0121. The van der Waals surface area contributed by atoms with Crippen LogP contribution in [0.2, 0.25) is 0 Å². The number of methoxy groups -OCH3 is 2. The molecule has 4 rings (SSSR count). The highest BCUT2D eigenvalue weighted by Gasteiger charge is 2.44. The Bertz CT molecular complexity index is 1200. The van der Waals surface area contributed by atoms with Gasteiger partial charge < -0.3 is 24.4 Å². The first-order chi connectivity index (χ1) is 17.8. The molecule has 202 valence electrons. The van der Waals surface area contributed by atoms with Crippen LogP contribution >= 0.6 is 0 Å². The van der Waals surface area contributed by atoms with Crippen LogP contribution in [0, 0.1) is 5.92 Å². The van der Waals surface area contributed by atoms with Gasteiger partial charge in [-0.1, -0.05) is 18.2 Å². The Hall–Kier alpha value is -2.82. The molecule has 37 heavy (non-hydrogen) atoms. The van der Waals surface area contributed by atoms with E-state index in [1.165, 1.54) is 0 Å². The summed E-state index contributed by atoms with van der Waals surface area (Å²) in [4.78, 5) is 15.5. The molecule has 0 bridgehead atoms. The van der Waals surface area contributed by atoms with Crippen LogP contribution in [-0.2, 0) is 20.5 Å². The van der Waals surface area contributed by atoms with Crippen LogP contribution in [0.15, 0.2) is 42.5 Å². The van der Waals surface area contributed by atoms with Crippen LogP contribution in [0.5, 0.6) is 11.5 Å². The molecule has 1 fully saturated rings. The highest BCUT2D eigenvalue weighted by Crippen LogP contribution is 2.38. The van der Waals surface area contributed by atoms with Crippen molar-refractivity contribution >= 4 is 21.6 Å². The summed E-state index contributed by atoms with van der Waals surface area (Å²) >= 11 is 0. The van der Waals surface area contributed by atoms with Gasteiger partial charge in [-0.2, -0.15) is 0 Å². The Morgan fingerprint density at radius 3 is 2.62 bits per heavy atom. The van der Waals surface area contributed by atoms with Crippen LogP contribution in [0.3, 0.4) is 0 Å². The molecule has 0 aromatic heterocycles. The summed E-state index contributed by atoms with van der Waals surface area (Å²) in [5.41, 5.74) is 2.06. The highest BCUT2D eigenvalue weighted by molar-refractivity contribution is 7.92. The predicted octanol–water partition coefficient (Wildman–Crippen LogP) is 2.90. The van der Waals surface area contributed by atoms with Crippen molar-refractivity contribution in [2.24, 2.45) is 5.92 Å². The zero-order valence-corrected chi connectivity index (χ0v) is 22.8. The molecule has 0 spiro atoms. The molecule has 0 radical (unpaired) electrons. The van der Waals surface area contributed by atoms with Crippen LogP contribution < -0.4 is 19.1 Å². The summed E-state index contributed by atoms with van der Waals surface area (Å²) in [5, 5.41) is 3.36. The number of nitrogens with zero attached hydrogens (tertiary/aromatic N) is 2. The Balaban J connectivity index is 1.55. The number of hydrogen-bond donors (Lipinski definition) is 1. The first-order valence-electron chi connectivity index (χ1n) is 12.7. The second-order valence-electron chi connectivity index (χ2n) is 9.78. The Labute approximate surface area is 219 Å². The van der Waals surface area contributed by atoms with Gasteiger partial charge >= 0.3 is 0 Å². The van der Waals surface area contributed by atoms with Gasteiger partial charge in [0.05, 0.1) is 31.2 Å². The van der Waals surface area contributed by atoms with Gasteiger partial charge in [0, 0.05) is 57.3 Å². The molecular formula is C27H37N3O6S. The molecule has 0 saturated carbocycles. The molecule has 0 aliphatic carbocycles. The second kappa shape index (κ2) is 11.7. The molecule has 2 atom stereocenters. The van der Waals surface area contributed by atoms with Crippen LogP contribution in [0.25, 0.3) is 0 Å². The number of carbonyl (C=O) groups excluding carboxylic acids is 1. The fraction of sp³-hybridized carbons (Fsp3) is 0.519. The molecule has 1 saturated heterocycles. The maximum Gasteiger partial charge on any atom is 0.254 e. The minimum Gasteiger partial charge on any atom is -0.493 e. The normalized spacial score (nSPS) is 20.2. The van der Waals surface area contributed by atoms with Crippen molar-refractivity contribution in [2.75, 3.05) is 51.4 Å². The topological polar surface area (TPSA) is 97.4 Å². The Morgan fingerprint density at radius 1 is 1.11 bits per heavy atom. The van der Waals surface area contributed by atoms with E-state index in [-0.39, 0.29) is 29.7 Å². The zero-order valence-electron chi connectivity index (χ0n) is 22.0. The molecule has 2 aromatic carbocycles. The molecule has 2 aromatic rings. The van der Waals surface area contributed by atoms with Gasteiger partial charge in [0.25, 0.3) is 5.91 Å². The van der Waals surface area contributed by atoms with E-state index >= 15 is 0 Å². The summed E-state index contributed by atoms with van der Waals surface area (Å²) in [6.07, 6.45) is 0.717. The number of rotatable bonds is 11. The van der Waals surface area contributed by atoms with Crippen molar-refractivity contribution in [1.82, 2.24) is 10.2 Å². The number of ether oxygens (including phenoxy) is 3. The van der Waals surface area contributed by atoms with Gasteiger partial charge in [-0.25, -0.2) is 8.42 Å². The molecule has 2 heterocycles. The summed E-state index contributed by atoms with van der Waals surface area (Å²) in [7, 11) is -0.259. The lowest BCUT2D eigenvalue weighted by molar-refractivity contribution is 0.0673. The largest absolute Gasteiger partial charge is 0.493 e. The third-order valence-corrected chi connectivity index (χ3v) is 8.69. The molecule has 10 heteroatoms. The highest BCUT2D eigenvalue weighted by atomic mass is 32.2. The number of sulfonamides is 1. The third kappa shape index (κ3) is 5.86. The molecule has 1 amide bonds. The number of fused-ring (bicyclic) bond motifs is 1. The number of hydrogen-bond acceptors (Lipinski definition) is 7. The third-order valence-electron chi connectivity index (χ3n) is 6.95. The van der Waals surface area contributed by atoms with E-state index < -0.39 is 10.0 Å². The van der Waals surface area contributed by atoms with Crippen molar-refractivity contribution in [3.63, 3.8) is 0 Å². The summed E-state index contributed by atoms with van der Waals surface area (Å²) in [5.74, 6) is 0.888. The summed E-state index contributed by atoms with van der Waals surface area (Å²) in [6, 6.07) is 12.3. The van der Waals surface area contributed by atoms with Gasteiger partial charge in [-0.15, -0.1) is 0 Å². The smallest absolute Gasteiger partial charge is 0.254 e. The van der Waals surface area contributed by atoms with E-state index in [4.69, 9.17) is 14.2 Å². The standard InChI is InChI=1S/C27H37N3O6S/c1-19(2)29(27(31)20-10-11-25(35-4)26(14-20)36-13-7-12-34-3)17-22-15-28-16-24(22)30-23-9-6-5-8-21(23)18-37(30,32)33/h5-6,8-11,14,19,22,24,28H,7,12-13,15-18H2,1-4H3/t22-,24+/m0/s1. The van der Waals surface area contributed by atoms with E-state index in [2.05, 4.69) is 5.32 Å². The lowest BCUT2D eigenvalue weighted by atomic mass is 10.0. The summed E-state index contributed by atoms with van der Waals surface area (Å²) < 4.78 is 44.2. The number of para-hydroxylation sites is 1. The first kappa shape index (κ1) is 27.2. The molecular weight excluding hydrogens is 494 g/mol. The van der Waals surface area contributed by atoms with Crippen molar-refractivity contribution < 1.29 is 27.4 Å². The first-order valence-corrected chi connectivity index (χ1v) is 14.3. The quantitative estimate of drug-likeness (QED) is 0.446. The van der Waals surface area contributed by atoms with Crippen LogP contribution in [0.1, 0.15) is 36.2 Å². The van der Waals surface area contributed by atoms with E-state index in [9.17, 15) is 13.2 Å². The van der Waals surface area contributed by atoms with Crippen molar-refractivity contribution in [3.05, 3.63) is 53.6 Å². The van der Waals surface area contributed by atoms with Crippen molar-refractivity contribution in [3.8, 4) is 11.5 Å². The van der Waals surface area contributed by atoms with Crippen molar-refractivity contribution in [2.45, 2.75) is 38.1 Å². The molecule has 9 nitrogen and oxygen atoms in total. The molecule has 2 aliphatic heterocycles. The average molecular weight is 532 g/mol. The maximum absolute atomic E-state index is 13.7. The van der Waals surface area contributed by atoms with E-state index in [0.29, 0.717) is 56.3 Å². The number of nitrogens with one attached hydrogen (secondary N) is 1. The maximum atomic E-state index is 13.7. The van der Waals surface area contributed by atoms with Gasteiger partial charge in [0.2, 0.25) is 10.0 Å². The lowest BCUT2D eigenvalue weighted by Crippen LogP contribution is -2.48. The van der Waals surface area contributed by atoms with Crippen LogP contribution in [-0.4, -0.2) is 78.4 Å². The summed E-state index contributed by atoms with van der Waals surface area (Å²) in [6.45, 7) is 6.57. The molecule has 1 N–H and O–H groups in total. The fourth-order valence-corrected chi connectivity index (χ4v) is 7.00. The number of anilines is 1. The SMILES string of the molecule is COCCCOc1cc(C(=O)N(C[C@@H]2CNC[C@H]2N2c3ccccc3CS2(=O)=O)C(C)C)ccc1OC.